The minimum absolute atomic E-state index is 0.0478. The van der Waals surface area contributed by atoms with Crippen molar-refractivity contribution < 1.29 is 4.79 Å². The van der Waals surface area contributed by atoms with Crippen LogP contribution in [0.15, 0.2) is 23.5 Å². The number of amidine groups is 1. The van der Waals surface area contributed by atoms with Gasteiger partial charge in [-0.3, -0.25) is 15.2 Å². The van der Waals surface area contributed by atoms with Crippen molar-refractivity contribution in [2.75, 3.05) is 5.01 Å². The standard InChI is InChI=1S/C14H20N4O/c1-3-4-5-6-7-14-16-12-10-15-9-8-13(12)18(17-14)11(2)19/h8-10H,3-7H2,1-2H3,(H,16,17). The van der Waals surface area contributed by atoms with Crippen LogP contribution in [0.1, 0.15) is 46.0 Å². The second-order valence-corrected chi connectivity index (χ2v) is 4.70. The first-order chi connectivity index (χ1) is 9.22. The Kier molecular flexibility index (Phi) is 4.49. The van der Waals surface area contributed by atoms with Crippen LogP contribution in [0, 0.1) is 0 Å². The Morgan fingerprint density at radius 2 is 2.21 bits per heavy atom. The fourth-order valence-electron chi connectivity index (χ4n) is 2.09. The molecule has 1 aromatic rings. The lowest BCUT2D eigenvalue weighted by atomic mass is 10.1. The van der Waals surface area contributed by atoms with Crippen molar-refractivity contribution in [2.45, 2.75) is 46.0 Å². The quantitative estimate of drug-likeness (QED) is 0.828. The number of nitrogens with zero attached hydrogens (tertiary/aromatic N) is 3. The minimum atomic E-state index is -0.0478. The number of hydrogen-bond donors (Lipinski definition) is 1. The number of aromatic nitrogens is 1. The van der Waals surface area contributed by atoms with E-state index in [1.807, 2.05) is 0 Å². The summed E-state index contributed by atoms with van der Waals surface area (Å²) in [5, 5.41) is 1.54. The SMILES string of the molecule is CCCCCCC1=Nc2cnccc2N(C(C)=O)N1. The van der Waals surface area contributed by atoms with E-state index in [0.717, 1.165) is 30.1 Å². The Morgan fingerprint density at radius 3 is 2.95 bits per heavy atom. The zero-order valence-corrected chi connectivity index (χ0v) is 11.5. The maximum Gasteiger partial charge on any atom is 0.242 e. The molecule has 1 aromatic heterocycles. The van der Waals surface area contributed by atoms with Crippen molar-refractivity contribution >= 4 is 23.1 Å². The van der Waals surface area contributed by atoms with Crippen LogP contribution < -0.4 is 10.4 Å². The molecule has 1 aliphatic heterocycles. The molecule has 0 aliphatic carbocycles. The maximum atomic E-state index is 11.7. The Balaban J connectivity index is 2.10. The molecule has 1 N–H and O–H groups in total. The van der Waals surface area contributed by atoms with Gasteiger partial charge in [-0.05, 0) is 12.5 Å². The van der Waals surface area contributed by atoms with E-state index < -0.39 is 0 Å². The molecule has 0 saturated carbocycles. The van der Waals surface area contributed by atoms with Gasteiger partial charge in [0.25, 0.3) is 0 Å². The third-order valence-electron chi connectivity index (χ3n) is 3.10. The minimum Gasteiger partial charge on any atom is -0.278 e. The number of pyridine rings is 1. The van der Waals surface area contributed by atoms with Crippen molar-refractivity contribution in [1.29, 1.82) is 0 Å². The van der Waals surface area contributed by atoms with Gasteiger partial charge in [-0.25, -0.2) is 10.0 Å². The fraction of sp³-hybridized carbons (Fsp3) is 0.500. The fourth-order valence-corrected chi connectivity index (χ4v) is 2.09. The van der Waals surface area contributed by atoms with Gasteiger partial charge >= 0.3 is 0 Å². The van der Waals surface area contributed by atoms with E-state index in [0.29, 0.717) is 0 Å². The number of hydrazine groups is 1. The van der Waals surface area contributed by atoms with E-state index in [1.54, 1.807) is 23.5 Å². The summed E-state index contributed by atoms with van der Waals surface area (Å²) >= 11 is 0. The van der Waals surface area contributed by atoms with Gasteiger partial charge in [-0.2, -0.15) is 0 Å². The predicted molar refractivity (Wildman–Crippen MR) is 76.4 cm³/mol. The maximum absolute atomic E-state index is 11.7. The Labute approximate surface area is 113 Å². The summed E-state index contributed by atoms with van der Waals surface area (Å²) in [5.41, 5.74) is 4.61. The van der Waals surface area contributed by atoms with Gasteiger partial charge in [0, 0.05) is 19.5 Å². The number of carbonyl (C=O) groups is 1. The average molecular weight is 260 g/mol. The van der Waals surface area contributed by atoms with E-state index in [2.05, 4.69) is 22.3 Å². The first-order valence-corrected chi connectivity index (χ1v) is 6.81. The Morgan fingerprint density at radius 1 is 1.37 bits per heavy atom. The van der Waals surface area contributed by atoms with Gasteiger partial charge in [-0.1, -0.05) is 26.2 Å². The first-order valence-electron chi connectivity index (χ1n) is 6.81. The highest BCUT2D eigenvalue weighted by molar-refractivity contribution is 6.02. The summed E-state index contributed by atoms with van der Waals surface area (Å²) in [4.78, 5) is 20.3. The molecular formula is C14H20N4O. The molecule has 0 aromatic carbocycles. The van der Waals surface area contributed by atoms with Crippen molar-refractivity contribution in [1.82, 2.24) is 10.4 Å². The molecule has 2 rings (SSSR count). The van der Waals surface area contributed by atoms with E-state index in [9.17, 15) is 4.79 Å². The van der Waals surface area contributed by atoms with E-state index in [4.69, 9.17) is 0 Å². The number of nitrogens with one attached hydrogen (secondary N) is 1. The molecule has 2 heterocycles. The van der Waals surface area contributed by atoms with Crippen LogP contribution in [-0.4, -0.2) is 16.7 Å². The normalized spacial score (nSPS) is 13.6. The smallest absolute Gasteiger partial charge is 0.242 e. The Bertz CT molecular complexity index is 484. The molecular weight excluding hydrogens is 240 g/mol. The molecule has 0 unspecified atom stereocenters. The first kappa shape index (κ1) is 13.5. The zero-order chi connectivity index (χ0) is 13.7. The lowest BCUT2D eigenvalue weighted by Crippen LogP contribution is -2.47. The Hall–Kier alpha value is -1.91. The number of amides is 1. The van der Waals surface area contributed by atoms with Crippen molar-refractivity contribution in [3.8, 4) is 0 Å². The number of aliphatic imine (C=N–C) groups is 1. The van der Waals surface area contributed by atoms with Gasteiger partial charge < -0.3 is 0 Å². The zero-order valence-electron chi connectivity index (χ0n) is 11.5. The molecule has 0 bridgehead atoms. The lowest BCUT2D eigenvalue weighted by Gasteiger charge is -2.28. The molecule has 0 radical (unpaired) electrons. The van der Waals surface area contributed by atoms with Gasteiger partial charge in [0.05, 0.1) is 11.9 Å². The van der Waals surface area contributed by atoms with Crippen molar-refractivity contribution in [3.63, 3.8) is 0 Å². The van der Waals surface area contributed by atoms with Crippen LogP contribution in [0.4, 0.5) is 11.4 Å². The third-order valence-corrected chi connectivity index (χ3v) is 3.10. The number of fused-ring (bicyclic) bond motifs is 1. The second kappa shape index (κ2) is 6.31. The summed E-state index contributed by atoms with van der Waals surface area (Å²) in [6.45, 7) is 3.73. The molecule has 0 atom stereocenters. The number of anilines is 1. The summed E-state index contributed by atoms with van der Waals surface area (Å²) in [6.07, 6.45) is 8.95. The highest BCUT2D eigenvalue weighted by atomic mass is 16.2. The second-order valence-electron chi connectivity index (χ2n) is 4.70. The number of hydrogen-bond acceptors (Lipinski definition) is 4. The highest BCUT2D eigenvalue weighted by Crippen LogP contribution is 2.29. The van der Waals surface area contributed by atoms with Crippen molar-refractivity contribution in [3.05, 3.63) is 18.5 Å². The molecule has 0 saturated heterocycles. The van der Waals surface area contributed by atoms with Crippen LogP contribution in [0.5, 0.6) is 0 Å². The number of carbonyl (C=O) groups excluding carboxylic acids is 1. The third kappa shape index (κ3) is 3.30. The molecule has 102 valence electrons. The number of unbranched alkanes of at least 4 members (excludes halogenated alkanes) is 3. The summed E-state index contributed by atoms with van der Waals surface area (Å²) in [7, 11) is 0. The predicted octanol–water partition coefficient (Wildman–Crippen LogP) is 2.95. The van der Waals surface area contributed by atoms with E-state index in [-0.39, 0.29) is 5.91 Å². The van der Waals surface area contributed by atoms with Crippen LogP contribution >= 0.6 is 0 Å². The van der Waals surface area contributed by atoms with Crippen molar-refractivity contribution in [2.24, 2.45) is 4.99 Å². The van der Waals surface area contributed by atoms with Gasteiger partial charge in [0.2, 0.25) is 5.91 Å². The molecule has 19 heavy (non-hydrogen) atoms. The summed E-state index contributed by atoms with van der Waals surface area (Å²) in [5.74, 6) is 0.792. The van der Waals surface area contributed by atoms with E-state index in [1.165, 1.54) is 26.2 Å². The molecule has 5 heteroatoms. The van der Waals surface area contributed by atoms with Crippen LogP contribution in [0.25, 0.3) is 0 Å². The molecule has 1 amide bonds. The number of rotatable bonds is 5. The van der Waals surface area contributed by atoms with Gasteiger partial charge in [0.15, 0.2) is 0 Å². The van der Waals surface area contributed by atoms with Crippen LogP contribution in [0.3, 0.4) is 0 Å². The monoisotopic (exact) mass is 260 g/mol. The van der Waals surface area contributed by atoms with Crippen LogP contribution in [0.2, 0.25) is 0 Å². The largest absolute Gasteiger partial charge is 0.278 e. The summed E-state index contributed by atoms with van der Waals surface area (Å²) in [6, 6.07) is 1.79. The van der Waals surface area contributed by atoms with E-state index >= 15 is 0 Å². The molecule has 5 nitrogen and oxygen atoms in total. The van der Waals surface area contributed by atoms with Gasteiger partial charge in [0.1, 0.15) is 11.5 Å². The van der Waals surface area contributed by atoms with Gasteiger partial charge in [-0.15, -0.1) is 0 Å². The van der Waals surface area contributed by atoms with Crippen LogP contribution in [-0.2, 0) is 4.79 Å². The molecule has 1 aliphatic rings. The molecule has 0 fully saturated rings. The average Bonchev–Trinajstić information content (AvgIpc) is 2.42. The highest BCUT2D eigenvalue weighted by Gasteiger charge is 2.21. The lowest BCUT2D eigenvalue weighted by molar-refractivity contribution is -0.117. The molecule has 0 spiro atoms. The summed E-state index contributed by atoms with van der Waals surface area (Å²) < 4.78 is 0. The topological polar surface area (TPSA) is 57.6 Å².